The van der Waals surface area contributed by atoms with E-state index in [1.807, 2.05) is 19.1 Å². The van der Waals surface area contributed by atoms with Crippen LogP contribution >= 0.6 is 0 Å². The van der Waals surface area contributed by atoms with Crippen molar-refractivity contribution in [3.63, 3.8) is 0 Å². The van der Waals surface area contributed by atoms with Crippen LogP contribution in [0.1, 0.15) is 21.7 Å². The largest absolute Gasteiger partial charge is 0.573 e. The van der Waals surface area contributed by atoms with Gasteiger partial charge in [0.15, 0.2) is 11.5 Å². The Morgan fingerprint density at radius 3 is 2.56 bits per heavy atom. The second-order valence-electron chi connectivity index (χ2n) is 7.43. The zero-order valence-electron chi connectivity index (χ0n) is 19.6. The molecule has 2 aromatic heterocycles. The third-order valence-electron chi connectivity index (χ3n) is 4.72. The van der Waals surface area contributed by atoms with Gasteiger partial charge in [0.05, 0.1) is 13.2 Å². The van der Waals surface area contributed by atoms with Crippen molar-refractivity contribution in [2.75, 3.05) is 38.7 Å². The highest BCUT2D eigenvalue weighted by atomic mass is 19.4. The minimum absolute atomic E-state index is 0.0185. The molecule has 0 radical (unpaired) electrons. The second kappa shape index (κ2) is 12.1. The van der Waals surface area contributed by atoms with Crippen LogP contribution in [0.15, 0.2) is 42.6 Å². The Morgan fingerprint density at radius 2 is 1.89 bits per heavy atom. The van der Waals surface area contributed by atoms with Crippen LogP contribution in [-0.4, -0.2) is 65.3 Å². The van der Waals surface area contributed by atoms with E-state index in [1.165, 1.54) is 12.1 Å². The van der Waals surface area contributed by atoms with Crippen molar-refractivity contribution in [2.24, 2.45) is 0 Å². The fraction of sp³-hybridized carbons (Fsp3) is 0.348. The first-order valence-electron chi connectivity index (χ1n) is 10.9. The van der Waals surface area contributed by atoms with E-state index in [2.05, 4.69) is 25.3 Å². The fourth-order valence-electron chi connectivity index (χ4n) is 3.18. The van der Waals surface area contributed by atoms with E-state index < -0.39 is 18.0 Å². The highest BCUT2D eigenvalue weighted by Gasteiger charge is 2.31. The Bertz CT molecular complexity index is 1150. The number of anilines is 1. The van der Waals surface area contributed by atoms with Gasteiger partial charge in [-0.05, 0) is 30.7 Å². The predicted molar refractivity (Wildman–Crippen MR) is 123 cm³/mol. The summed E-state index contributed by atoms with van der Waals surface area (Å²) in [6, 6.07) is 8.94. The Kier molecular flexibility index (Phi) is 8.95. The smallest absolute Gasteiger partial charge is 0.490 e. The van der Waals surface area contributed by atoms with Crippen molar-refractivity contribution < 1.29 is 37.3 Å². The maximum atomic E-state index is 12.8. The van der Waals surface area contributed by atoms with Gasteiger partial charge < -0.3 is 30.0 Å². The molecule has 36 heavy (non-hydrogen) atoms. The molecule has 0 unspecified atom stereocenters. The number of nitrogens with zero attached hydrogens (tertiary/aromatic N) is 3. The Hall–Kier alpha value is -4.00. The normalized spacial score (nSPS) is 11.2. The molecule has 2 heterocycles. The zero-order chi connectivity index (χ0) is 26.1. The third-order valence-corrected chi connectivity index (χ3v) is 4.72. The maximum absolute atomic E-state index is 12.8. The zero-order valence-corrected chi connectivity index (χ0v) is 19.6. The highest BCUT2D eigenvalue weighted by Crippen LogP contribution is 2.27. The molecule has 194 valence electrons. The molecule has 0 aliphatic heterocycles. The Labute approximate surface area is 205 Å². The molecule has 0 aliphatic rings. The van der Waals surface area contributed by atoms with Gasteiger partial charge in [0, 0.05) is 31.5 Å². The van der Waals surface area contributed by atoms with E-state index in [-0.39, 0.29) is 56.2 Å². The van der Waals surface area contributed by atoms with E-state index >= 15 is 0 Å². The first kappa shape index (κ1) is 26.6. The van der Waals surface area contributed by atoms with Crippen molar-refractivity contribution in [1.29, 1.82) is 0 Å². The molecule has 1 aromatic carbocycles. The van der Waals surface area contributed by atoms with Crippen molar-refractivity contribution in [3.8, 4) is 17.5 Å². The quantitative estimate of drug-likeness (QED) is 0.319. The minimum Gasteiger partial charge on any atom is -0.490 e. The summed E-state index contributed by atoms with van der Waals surface area (Å²) in [5, 5.41) is 14.5. The number of halogens is 3. The number of benzene rings is 1. The second-order valence-corrected chi connectivity index (χ2v) is 7.43. The number of carbonyl (C=O) groups is 1. The molecule has 3 aromatic rings. The summed E-state index contributed by atoms with van der Waals surface area (Å²) in [4.78, 5) is 21.4. The number of ether oxygens (including phenoxy) is 3. The maximum Gasteiger partial charge on any atom is 0.573 e. The number of aliphatic hydroxyl groups excluding tert-OH is 1. The summed E-state index contributed by atoms with van der Waals surface area (Å²) < 4.78 is 54.0. The van der Waals surface area contributed by atoms with Gasteiger partial charge in [0.1, 0.15) is 24.7 Å². The number of aliphatic hydroxyl groups is 1. The van der Waals surface area contributed by atoms with Gasteiger partial charge in [-0.2, -0.15) is 4.98 Å². The number of rotatable bonds is 12. The highest BCUT2D eigenvalue weighted by molar-refractivity contribution is 5.97. The van der Waals surface area contributed by atoms with Crippen LogP contribution in [0.3, 0.4) is 0 Å². The fourth-order valence-corrected chi connectivity index (χ4v) is 3.18. The summed E-state index contributed by atoms with van der Waals surface area (Å²) in [6.45, 7) is 1.86. The number of carbonyl (C=O) groups excluding carboxylic acids is 1. The van der Waals surface area contributed by atoms with E-state index in [0.717, 1.165) is 23.4 Å². The molecule has 0 fully saturated rings. The van der Waals surface area contributed by atoms with Crippen LogP contribution in [0.25, 0.3) is 0 Å². The van der Waals surface area contributed by atoms with Crippen molar-refractivity contribution in [1.82, 2.24) is 19.9 Å². The van der Waals surface area contributed by atoms with Gasteiger partial charge in [-0.25, -0.2) is 0 Å². The summed E-state index contributed by atoms with van der Waals surface area (Å²) in [6.07, 6.45) is -3.13. The van der Waals surface area contributed by atoms with E-state index in [1.54, 1.807) is 17.8 Å². The number of amides is 1. The molecule has 0 saturated carbocycles. The number of pyridine rings is 1. The average Bonchev–Trinajstić information content (AvgIpc) is 3.18. The van der Waals surface area contributed by atoms with Crippen LogP contribution in [0.5, 0.6) is 17.5 Å². The lowest BCUT2D eigenvalue weighted by atomic mass is 10.2. The first-order chi connectivity index (χ1) is 17.2. The van der Waals surface area contributed by atoms with E-state index in [0.29, 0.717) is 0 Å². The molecule has 13 heteroatoms. The lowest BCUT2D eigenvalue weighted by Crippen LogP contribution is -2.29. The molecule has 0 saturated heterocycles. The minimum atomic E-state index is -4.81. The molecule has 0 aliphatic carbocycles. The summed E-state index contributed by atoms with van der Waals surface area (Å²) in [5.41, 5.74) is 1.82. The third kappa shape index (κ3) is 7.50. The van der Waals surface area contributed by atoms with Gasteiger partial charge >= 0.3 is 6.36 Å². The molecule has 0 bridgehead atoms. The van der Waals surface area contributed by atoms with Crippen LogP contribution in [0.2, 0.25) is 0 Å². The van der Waals surface area contributed by atoms with Crippen molar-refractivity contribution in [3.05, 3.63) is 59.5 Å². The van der Waals surface area contributed by atoms with Gasteiger partial charge in [0.2, 0.25) is 0 Å². The van der Waals surface area contributed by atoms with E-state index in [9.17, 15) is 18.0 Å². The lowest BCUT2D eigenvalue weighted by molar-refractivity contribution is -0.274. The molecule has 0 spiro atoms. The molecular formula is C23H26F3N5O5. The van der Waals surface area contributed by atoms with Crippen LogP contribution in [-0.2, 0) is 6.54 Å². The monoisotopic (exact) mass is 509 g/mol. The van der Waals surface area contributed by atoms with Gasteiger partial charge in [-0.15, -0.1) is 13.2 Å². The predicted octanol–water partition coefficient (Wildman–Crippen LogP) is 2.76. The number of imidazole rings is 1. The number of hydrogen-bond donors (Lipinski definition) is 3. The Morgan fingerprint density at radius 1 is 1.14 bits per heavy atom. The number of nitrogens with one attached hydrogen (secondary N) is 2. The van der Waals surface area contributed by atoms with Gasteiger partial charge in [-0.1, -0.05) is 12.1 Å². The Balaban J connectivity index is 1.74. The van der Waals surface area contributed by atoms with Crippen molar-refractivity contribution in [2.45, 2.75) is 19.8 Å². The van der Waals surface area contributed by atoms with Gasteiger partial charge in [-0.3, -0.25) is 14.3 Å². The molecule has 3 N–H and O–H groups in total. The van der Waals surface area contributed by atoms with Crippen LogP contribution < -0.4 is 24.8 Å². The number of hydrogen-bond acceptors (Lipinski definition) is 8. The number of aromatic nitrogens is 3. The molecule has 10 nitrogen and oxygen atoms in total. The number of aryl methyl sites for hydroxylation is 1. The van der Waals surface area contributed by atoms with Crippen LogP contribution in [0.4, 0.5) is 19.0 Å². The number of alkyl halides is 3. The van der Waals surface area contributed by atoms with E-state index in [4.69, 9.17) is 14.6 Å². The molecule has 1 amide bonds. The first-order valence-corrected chi connectivity index (χ1v) is 10.9. The SMILES string of the molecule is CNc1nc(OCCOc2cccc(OC(F)(F)F)c2)n(Cc2ccc(C)nc2)c1C(=O)NCCO. The summed E-state index contributed by atoms with van der Waals surface area (Å²) in [7, 11) is 1.60. The molecular weight excluding hydrogens is 483 g/mol. The van der Waals surface area contributed by atoms with Crippen LogP contribution in [0, 0.1) is 6.92 Å². The molecule has 3 rings (SSSR count). The standard InChI is InChI=1S/C23H26F3N5O5/c1-15-6-7-16(13-29-15)14-31-19(21(33)28-8-9-32)20(27-2)30-22(31)35-11-10-34-17-4-3-5-18(12-17)36-23(24,25)26/h3-7,12-13,27,32H,8-11,14H2,1-2H3,(H,28,33). The lowest BCUT2D eigenvalue weighted by Gasteiger charge is -2.14. The average molecular weight is 509 g/mol. The van der Waals surface area contributed by atoms with Crippen molar-refractivity contribution >= 4 is 11.7 Å². The summed E-state index contributed by atoms with van der Waals surface area (Å²) in [5.74, 6) is -0.443. The summed E-state index contributed by atoms with van der Waals surface area (Å²) >= 11 is 0. The topological polar surface area (TPSA) is 120 Å². The molecule has 0 atom stereocenters. The van der Waals surface area contributed by atoms with Gasteiger partial charge in [0.25, 0.3) is 11.9 Å².